The Morgan fingerprint density at radius 2 is 1.88 bits per heavy atom. The number of aromatic nitrogens is 1. The molecule has 1 N–H and O–H groups in total. The van der Waals surface area contributed by atoms with Crippen molar-refractivity contribution in [3.8, 4) is 0 Å². The molecule has 3 nitrogen and oxygen atoms in total. The minimum Gasteiger partial charge on any atom is -0.310 e. The fourth-order valence-electron chi connectivity index (χ4n) is 1.20. The lowest BCUT2D eigenvalue weighted by Gasteiger charge is -2.13. The number of hydrogen-bond donors (Lipinski definition) is 1. The van der Waals surface area contributed by atoms with Gasteiger partial charge in [0.15, 0.2) is 0 Å². The van der Waals surface area contributed by atoms with Gasteiger partial charge in [-0.25, -0.2) is 4.98 Å². The maximum Gasteiger partial charge on any atom is 0.225 e. The first-order valence-corrected chi connectivity index (χ1v) is 5.60. The average Bonchev–Trinajstić information content (AvgIpc) is 2.15. The van der Waals surface area contributed by atoms with Gasteiger partial charge in [0.1, 0.15) is 5.82 Å². The lowest BCUT2D eigenvalue weighted by molar-refractivity contribution is -0.116. The van der Waals surface area contributed by atoms with E-state index in [1.165, 1.54) is 0 Å². The molecule has 0 unspecified atom stereocenters. The van der Waals surface area contributed by atoms with Crippen molar-refractivity contribution in [1.82, 2.24) is 4.98 Å². The lowest BCUT2D eigenvalue weighted by atomic mass is 10.0. The van der Waals surface area contributed by atoms with Crippen molar-refractivity contribution in [3.63, 3.8) is 0 Å². The summed E-state index contributed by atoms with van der Waals surface area (Å²) < 4.78 is 0. The van der Waals surface area contributed by atoms with Crippen LogP contribution in [0.15, 0.2) is 18.3 Å². The number of nitrogens with one attached hydrogen (secondary N) is 1. The largest absolute Gasteiger partial charge is 0.310 e. The number of fused-ring (bicyclic) bond motifs is 1. The second-order valence-corrected chi connectivity index (χ2v) is 5.56. The smallest absolute Gasteiger partial charge is 0.225 e. The molecule has 0 atom stereocenters. The molecule has 3 heteroatoms. The Morgan fingerprint density at radius 3 is 2.50 bits per heavy atom. The standard InChI is InChI=1S/C8H8N2O.C5H12/c11-7-4-3-6-2-1-5-9-8(6)10-7;1-5(2,3)4/h1-2,5H,3-4H2,(H,9,10,11);1-4H3. The van der Waals surface area contributed by atoms with E-state index in [0.29, 0.717) is 11.8 Å². The van der Waals surface area contributed by atoms with Gasteiger partial charge in [0, 0.05) is 12.6 Å². The molecular weight excluding hydrogens is 200 g/mol. The van der Waals surface area contributed by atoms with Gasteiger partial charge in [-0.15, -0.1) is 0 Å². The van der Waals surface area contributed by atoms with Gasteiger partial charge in [-0.3, -0.25) is 4.79 Å². The van der Waals surface area contributed by atoms with Crippen LogP contribution in [0.4, 0.5) is 5.82 Å². The van der Waals surface area contributed by atoms with E-state index in [-0.39, 0.29) is 5.91 Å². The molecule has 0 saturated carbocycles. The van der Waals surface area contributed by atoms with E-state index in [2.05, 4.69) is 38.0 Å². The summed E-state index contributed by atoms with van der Waals surface area (Å²) in [6, 6.07) is 3.87. The molecule has 2 heterocycles. The topological polar surface area (TPSA) is 42.0 Å². The van der Waals surface area contributed by atoms with E-state index in [1.54, 1.807) is 6.20 Å². The Morgan fingerprint density at radius 1 is 1.25 bits per heavy atom. The molecule has 1 aromatic rings. The van der Waals surface area contributed by atoms with Crippen LogP contribution < -0.4 is 5.32 Å². The highest BCUT2D eigenvalue weighted by Gasteiger charge is 2.13. The van der Waals surface area contributed by atoms with E-state index >= 15 is 0 Å². The Balaban J connectivity index is 0.000000221. The highest BCUT2D eigenvalue weighted by Crippen LogP contribution is 2.18. The van der Waals surface area contributed by atoms with Gasteiger partial charge in [0.25, 0.3) is 0 Å². The van der Waals surface area contributed by atoms with Crippen LogP contribution in [0.3, 0.4) is 0 Å². The summed E-state index contributed by atoms with van der Waals surface area (Å²) in [5.74, 6) is 0.792. The Bertz CT molecular complexity index is 360. The third-order valence-corrected chi connectivity index (χ3v) is 1.77. The first-order chi connectivity index (χ1) is 7.36. The summed E-state index contributed by atoms with van der Waals surface area (Å²) in [5.41, 5.74) is 1.63. The summed E-state index contributed by atoms with van der Waals surface area (Å²) in [6.07, 6.45) is 3.08. The lowest BCUT2D eigenvalue weighted by Crippen LogP contribution is -2.19. The molecule has 1 aliphatic rings. The number of amides is 1. The molecule has 88 valence electrons. The highest BCUT2D eigenvalue weighted by atomic mass is 16.1. The van der Waals surface area contributed by atoms with Crippen molar-refractivity contribution < 1.29 is 4.79 Å². The van der Waals surface area contributed by atoms with Gasteiger partial charge >= 0.3 is 0 Å². The first-order valence-electron chi connectivity index (χ1n) is 5.60. The summed E-state index contributed by atoms with van der Waals surface area (Å²) in [5, 5.41) is 2.71. The second kappa shape index (κ2) is 5.10. The van der Waals surface area contributed by atoms with Crippen molar-refractivity contribution in [2.75, 3.05) is 5.32 Å². The van der Waals surface area contributed by atoms with E-state index < -0.39 is 0 Å². The molecule has 2 rings (SSSR count). The van der Waals surface area contributed by atoms with Crippen LogP contribution >= 0.6 is 0 Å². The molecule has 0 aromatic carbocycles. The molecule has 1 aromatic heterocycles. The fraction of sp³-hybridized carbons (Fsp3) is 0.538. The van der Waals surface area contributed by atoms with Crippen LogP contribution in [0, 0.1) is 5.41 Å². The summed E-state index contributed by atoms with van der Waals surface area (Å²) in [6.45, 7) is 8.75. The number of carbonyl (C=O) groups is 1. The third kappa shape index (κ3) is 4.91. The molecule has 0 bridgehead atoms. The van der Waals surface area contributed by atoms with Crippen LogP contribution in [0.5, 0.6) is 0 Å². The quantitative estimate of drug-likeness (QED) is 0.730. The fourth-order valence-corrected chi connectivity index (χ4v) is 1.20. The Kier molecular flexibility index (Phi) is 4.05. The van der Waals surface area contributed by atoms with Gasteiger partial charge in [0.2, 0.25) is 5.91 Å². The molecule has 0 aliphatic carbocycles. The van der Waals surface area contributed by atoms with E-state index in [0.717, 1.165) is 17.8 Å². The van der Waals surface area contributed by atoms with Gasteiger partial charge in [-0.05, 0) is 23.5 Å². The highest BCUT2D eigenvalue weighted by molar-refractivity contribution is 5.92. The van der Waals surface area contributed by atoms with Crippen molar-refractivity contribution in [1.29, 1.82) is 0 Å². The summed E-state index contributed by atoms with van der Waals surface area (Å²) in [4.78, 5) is 14.9. The number of rotatable bonds is 0. The number of hydrogen-bond acceptors (Lipinski definition) is 2. The van der Waals surface area contributed by atoms with Gasteiger partial charge < -0.3 is 5.32 Å². The van der Waals surface area contributed by atoms with Gasteiger partial charge in [0.05, 0.1) is 0 Å². The maximum atomic E-state index is 10.9. The molecular formula is C13H20N2O. The van der Waals surface area contributed by atoms with Crippen molar-refractivity contribution in [2.45, 2.75) is 40.5 Å². The molecule has 1 aliphatic heterocycles. The number of pyridine rings is 1. The van der Waals surface area contributed by atoms with Crippen LogP contribution in [0.1, 0.15) is 39.7 Å². The normalized spacial score (nSPS) is 14.4. The average molecular weight is 220 g/mol. The molecule has 16 heavy (non-hydrogen) atoms. The Hall–Kier alpha value is -1.38. The minimum absolute atomic E-state index is 0.0659. The second-order valence-electron chi connectivity index (χ2n) is 5.56. The summed E-state index contributed by atoms with van der Waals surface area (Å²) in [7, 11) is 0. The van der Waals surface area contributed by atoms with Crippen LogP contribution in [0.2, 0.25) is 0 Å². The number of aryl methyl sites for hydroxylation is 1. The maximum absolute atomic E-state index is 10.9. The van der Waals surface area contributed by atoms with Crippen molar-refractivity contribution >= 4 is 11.7 Å². The van der Waals surface area contributed by atoms with E-state index in [9.17, 15) is 4.79 Å². The van der Waals surface area contributed by atoms with E-state index in [1.807, 2.05) is 12.1 Å². The first kappa shape index (κ1) is 12.7. The van der Waals surface area contributed by atoms with Crippen LogP contribution in [0.25, 0.3) is 0 Å². The van der Waals surface area contributed by atoms with Gasteiger partial charge in [-0.2, -0.15) is 0 Å². The minimum atomic E-state index is 0.0659. The van der Waals surface area contributed by atoms with Crippen LogP contribution in [-0.2, 0) is 11.2 Å². The van der Waals surface area contributed by atoms with Crippen molar-refractivity contribution in [3.05, 3.63) is 23.9 Å². The molecule has 1 amide bonds. The zero-order valence-electron chi connectivity index (χ0n) is 10.5. The predicted molar refractivity (Wildman–Crippen MR) is 66.3 cm³/mol. The zero-order valence-corrected chi connectivity index (χ0v) is 10.5. The van der Waals surface area contributed by atoms with Crippen molar-refractivity contribution in [2.24, 2.45) is 5.41 Å². The molecule has 0 radical (unpaired) electrons. The van der Waals surface area contributed by atoms with E-state index in [4.69, 9.17) is 0 Å². The zero-order chi connectivity index (χ0) is 12.2. The third-order valence-electron chi connectivity index (χ3n) is 1.77. The SMILES string of the molecule is CC(C)(C)C.O=C1CCc2cccnc2N1. The summed E-state index contributed by atoms with van der Waals surface area (Å²) >= 11 is 0. The predicted octanol–water partition coefficient (Wildman–Crippen LogP) is 3.02. The number of carbonyl (C=O) groups excluding carboxylic acids is 1. The molecule has 0 fully saturated rings. The number of nitrogens with zero attached hydrogens (tertiary/aromatic N) is 1. The number of anilines is 1. The van der Waals surface area contributed by atoms with Gasteiger partial charge in [-0.1, -0.05) is 33.8 Å². The monoisotopic (exact) mass is 220 g/mol. The molecule has 0 spiro atoms. The Labute approximate surface area is 97.3 Å². The van der Waals surface area contributed by atoms with Crippen LogP contribution in [-0.4, -0.2) is 10.9 Å². The molecule has 0 saturated heterocycles.